The number of nitrogens with one attached hydrogen (secondary N) is 1. The van der Waals surface area contributed by atoms with Gasteiger partial charge in [0.1, 0.15) is 0 Å². The highest BCUT2D eigenvalue weighted by atomic mass is 79.9. The Bertz CT molecular complexity index is 120. The van der Waals surface area contributed by atoms with E-state index in [-0.39, 0.29) is 11.9 Å². The molecule has 0 aliphatic heterocycles. The molecule has 0 aliphatic rings. The van der Waals surface area contributed by atoms with Crippen LogP contribution in [0.4, 0.5) is 0 Å². The summed E-state index contributed by atoms with van der Waals surface area (Å²) in [5.41, 5.74) is 0. The number of carbonyl (C=O) groups is 1. The molecule has 1 N–H and O–H groups in total. The minimum Gasteiger partial charge on any atom is -0.350 e. The van der Waals surface area contributed by atoms with E-state index in [0.717, 1.165) is 0 Å². The van der Waals surface area contributed by atoms with Gasteiger partial charge in [-0.2, -0.15) is 0 Å². The van der Waals surface area contributed by atoms with Crippen LogP contribution in [0.5, 0.6) is 0 Å². The van der Waals surface area contributed by atoms with Crippen LogP contribution in [0.25, 0.3) is 0 Å². The molecule has 0 aromatic heterocycles. The van der Waals surface area contributed by atoms with Crippen LogP contribution in [0, 0.1) is 0 Å². The summed E-state index contributed by atoms with van der Waals surface area (Å²) in [6.07, 6.45) is 1.43. The van der Waals surface area contributed by atoms with Crippen LogP contribution >= 0.6 is 15.9 Å². The van der Waals surface area contributed by atoms with Gasteiger partial charge >= 0.3 is 0 Å². The molecule has 0 radical (unpaired) electrons. The zero-order valence-corrected chi connectivity index (χ0v) is 7.10. The van der Waals surface area contributed by atoms with Crippen LogP contribution < -0.4 is 5.32 Å². The molecule has 0 heterocycles. The first-order valence-electron chi connectivity index (χ1n) is 2.74. The average Bonchev–Trinajstić information content (AvgIpc) is 1.63. The number of hydrogen-bond donors (Lipinski definition) is 1. The summed E-state index contributed by atoms with van der Waals surface area (Å²) in [4.78, 5) is 12.2. The SMILES string of the molecule is CC(C)NC(=O)C=CBr. The first-order chi connectivity index (χ1) is 4.16. The second kappa shape index (κ2) is 4.56. The minimum absolute atomic E-state index is 0.0677. The Morgan fingerprint density at radius 3 is 2.56 bits per heavy atom. The van der Waals surface area contributed by atoms with Crippen LogP contribution in [0.1, 0.15) is 13.8 Å². The highest BCUT2D eigenvalue weighted by Gasteiger charge is 1.94. The summed E-state index contributed by atoms with van der Waals surface area (Å²) >= 11 is 3.00. The first kappa shape index (κ1) is 8.69. The maximum absolute atomic E-state index is 10.6. The number of carbonyl (C=O) groups excluding carboxylic acids is 1. The Morgan fingerprint density at radius 2 is 2.22 bits per heavy atom. The van der Waals surface area contributed by atoms with Crippen LogP contribution in [0.3, 0.4) is 0 Å². The van der Waals surface area contributed by atoms with Crippen molar-refractivity contribution in [1.82, 2.24) is 5.32 Å². The predicted octanol–water partition coefficient (Wildman–Crippen LogP) is 1.42. The lowest BCUT2D eigenvalue weighted by Crippen LogP contribution is -2.28. The molecule has 9 heavy (non-hydrogen) atoms. The third-order valence-electron chi connectivity index (χ3n) is 0.645. The Hall–Kier alpha value is -0.310. The molecular weight excluding hydrogens is 182 g/mol. The van der Waals surface area contributed by atoms with Gasteiger partial charge in [0.15, 0.2) is 0 Å². The number of rotatable bonds is 2. The largest absolute Gasteiger partial charge is 0.350 e. The maximum Gasteiger partial charge on any atom is 0.244 e. The van der Waals surface area contributed by atoms with Crippen molar-refractivity contribution in [2.75, 3.05) is 0 Å². The van der Waals surface area contributed by atoms with E-state index >= 15 is 0 Å². The van der Waals surface area contributed by atoms with Gasteiger partial charge in [-0.05, 0) is 18.8 Å². The van der Waals surface area contributed by atoms with E-state index in [1.54, 1.807) is 0 Å². The molecule has 0 atom stereocenters. The van der Waals surface area contributed by atoms with E-state index < -0.39 is 0 Å². The summed E-state index contributed by atoms with van der Waals surface area (Å²) in [7, 11) is 0. The number of halogens is 1. The molecule has 1 amide bonds. The molecule has 0 aromatic carbocycles. The van der Waals surface area contributed by atoms with Gasteiger partial charge in [-0.3, -0.25) is 4.79 Å². The van der Waals surface area contributed by atoms with Crippen molar-refractivity contribution in [3.63, 3.8) is 0 Å². The third kappa shape index (κ3) is 5.56. The maximum atomic E-state index is 10.6. The molecule has 0 unspecified atom stereocenters. The van der Waals surface area contributed by atoms with Gasteiger partial charge in [-0.15, -0.1) is 0 Å². The third-order valence-corrected chi connectivity index (χ3v) is 0.910. The van der Waals surface area contributed by atoms with Crippen LogP contribution in [0.15, 0.2) is 11.1 Å². The fourth-order valence-electron chi connectivity index (χ4n) is 0.390. The highest BCUT2D eigenvalue weighted by Crippen LogP contribution is 1.83. The topological polar surface area (TPSA) is 29.1 Å². The monoisotopic (exact) mass is 191 g/mol. The molecule has 0 fully saturated rings. The molecule has 0 saturated carbocycles. The lowest BCUT2D eigenvalue weighted by Gasteiger charge is -2.03. The molecule has 3 heteroatoms. The van der Waals surface area contributed by atoms with Crippen LogP contribution in [-0.2, 0) is 4.79 Å². The highest BCUT2D eigenvalue weighted by molar-refractivity contribution is 9.11. The number of amides is 1. The fourth-order valence-corrected chi connectivity index (χ4v) is 0.630. The van der Waals surface area contributed by atoms with E-state index in [4.69, 9.17) is 0 Å². The van der Waals surface area contributed by atoms with Crippen LogP contribution in [-0.4, -0.2) is 11.9 Å². The molecule has 0 bridgehead atoms. The zero-order valence-electron chi connectivity index (χ0n) is 5.52. The van der Waals surface area contributed by atoms with Crippen molar-refractivity contribution < 1.29 is 4.79 Å². The Kier molecular flexibility index (Phi) is 4.40. The molecule has 0 saturated heterocycles. The van der Waals surface area contributed by atoms with Gasteiger partial charge in [0.05, 0.1) is 0 Å². The van der Waals surface area contributed by atoms with Gasteiger partial charge in [0.2, 0.25) is 5.91 Å². The molecule has 2 nitrogen and oxygen atoms in total. The zero-order chi connectivity index (χ0) is 7.28. The minimum atomic E-state index is -0.0677. The van der Waals surface area contributed by atoms with E-state index in [1.165, 1.54) is 11.1 Å². The molecule has 52 valence electrons. The van der Waals surface area contributed by atoms with E-state index in [1.807, 2.05) is 13.8 Å². The Morgan fingerprint density at radius 1 is 1.67 bits per heavy atom. The average molecular weight is 192 g/mol. The quantitative estimate of drug-likeness (QED) is 0.658. The molecule has 0 aliphatic carbocycles. The van der Waals surface area contributed by atoms with Gasteiger partial charge in [0, 0.05) is 12.1 Å². The molecule has 0 aromatic rings. The normalized spacial score (nSPS) is 10.7. The van der Waals surface area contributed by atoms with Crippen molar-refractivity contribution in [2.24, 2.45) is 0 Å². The molecule has 0 spiro atoms. The van der Waals surface area contributed by atoms with Crippen molar-refractivity contribution in [3.8, 4) is 0 Å². The van der Waals surface area contributed by atoms with E-state index in [0.29, 0.717) is 0 Å². The van der Waals surface area contributed by atoms with Gasteiger partial charge < -0.3 is 5.32 Å². The van der Waals surface area contributed by atoms with Gasteiger partial charge in [-0.1, -0.05) is 15.9 Å². The summed E-state index contributed by atoms with van der Waals surface area (Å²) < 4.78 is 0. The predicted molar refractivity (Wildman–Crippen MR) is 41.3 cm³/mol. The molecular formula is C6H10BrNO. The second-order valence-corrected chi connectivity index (χ2v) is 2.48. The lowest BCUT2D eigenvalue weighted by molar-refractivity contribution is -0.116. The second-order valence-electron chi connectivity index (χ2n) is 1.96. The smallest absolute Gasteiger partial charge is 0.244 e. The van der Waals surface area contributed by atoms with Crippen molar-refractivity contribution >= 4 is 21.8 Å². The molecule has 0 rings (SSSR count). The summed E-state index contributed by atoms with van der Waals surface area (Å²) in [6.45, 7) is 3.83. The van der Waals surface area contributed by atoms with E-state index in [9.17, 15) is 4.79 Å². The number of hydrogen-bond acceptors (Lipinski definition) is 1. The van der Waals surface area contributed by atoms with Crippen LogP contribution in [0.2, 0.25) is 0 Å². The van der Waals surface area contributed by atoms with Crippen molar-refractivity contribution in [1.29, 1.82) is 0 Å². The fraction of sp³-hybridized carbons (Fsp3) is 0.500. The standard InChI is InChI=1S/C6H10BrNO/c1-5(2)8-6(9)3-4-7/h3-5H,1-2H3,(H,8,9). The first-order valence-corrected chi connectivity index (χ1v) is 3.65. The van der Waals surface area contributed by atoms with Crippen molar-refractivity contribution in [3.05, 3.63) is 11.1 Å². The summed E-state index contributed by atoms with van der Waals surface area (Å²) in [5, 5.41) is 2.69. The summed E-state index contributed by atoms with van der Waals surface area (Å²) in [5.74, 6) is -0.0677. The Labute approximate surface area is 63.5 Å². The van der Waals surface area contributed by atoms with E-state index in [2.05, 4.69) is 21.2 Å². The summed E-state index contributed by atoms with van der Waals surface area (Å²) in [6, 6.07) is 0.209. The lowest BCUT2D eigenvalue weighted by atomic mass is 10.4. The van der Waals surface area contributed by atoms with Gasteiger partial charge in [-0.25, -0.2) is 0 Å². The Balaban J connectivity index is 3.51. The van der Waals surface area contributed by atoms with Crippen molar-refractivity contribution in [2.45, 2.75) is 19.9 Å². The van der Waals surface area contributed by atoms with Gasteiger partial charge in [0.25, 0.3) is 0 Å².